The van der Waals surface area contributed by atoms with Crippen LogP contribution in [-0.2, 0) is 9.53 Å². The van der Waals surface area contributed by atoms with Crippen molar-refractivity contribution in [2.45, 2.75) is 17.3 Å². The predicted molar refractivity (Wildman–Crippen MR) is 113 cm³/mol. The van der Waals surface area contributed by atoms with Crippen molar-refractivity contribution in [3.63, 3.8) is 0 Å². The maximum Gasteiger partial charge on any atom is 0.318 e. The summed E-state index contributed by atoms with van der Waals surface area (Å²) in [6, 6.07) is 14.8. The molecular formula is C21H19N3O4S. The molecule has 2 aromatic carbocycles. The van der Waals surface area contributed by atoms with Gasteiger partial charge in [-0.25, -0.2) is 4.98 Å². The van der Waals surface area contributed by atoms with Crippen molar-refractivity contribution in [3.05, 3.63) is 58.9 Å². The predicted octanol–water partition coefficient (Wildman–Crippen LogP) is 3.53. The number of aromatic amines is 1. The molecule has 4 rings (SSSR count). The van der Waals surface area contributed by atoms with Gasteiger partial charge in [0.25, 0.3) is 5.56 Å². The summed E-state index contributed by atoms with van der Waals surface area (Å²) in [7, 11) is 2.90. The molecule has 0 saturated heterocycles. The molecule has 148 valence electrons. The number of carbonyl (C=O) groups is 1. The number of benzene rings is 2. The van der Waals surface area contributed by atoms with Crippen molar-refractivity contribution in [2.75, 3.05) is 14.2 Å². The highest BCUT2D eigenvalue weighted by molar-refractivity contribution is 8.00. The molecule has 0 aliphatic rings. The quantitative estimate of drug-likeness (QED) is 0.308. The lowest BCUT2D eigenvalue weighted by Gasteiger charge is -2.15. The highest BCUT2D eigenvalue weighted by Crippen LogP contribution is 2.29. The molecule has 0 aliphatic carbocycles. The van der Waals surface area contributed by atoms with E-state index in [-0.39, 0.29) is 11.5 Å². The smallest absolute Gasteiger partial charge is 0.318 e. The van der Waals surface area contributed by atoms with Crippen LogP contribution in [0.5, 0.6) is 5.75 Å². The Labute approximate surface area is 170 Å². The Morgan fingerprint density at radius 2 is 1.97 bits per heavy atom. The van der Waals surface area contributed by atoms with Crippen molar-refractivity contribution in [3.8, 4) is 11.4 Å². The van der Waals surface area contributed by atoms with Crippen LogP contribution in [0.2, 0.25) is 0 Å². The zero-order valence-corrected chi connectivity index (χ0v) is 16.9. The largest absolute Gasteiger partial charge is 0.497 e. The van der Waals surface area contributed by atoms with Crippen molar-refractivity contribution in [2.24, 2.45) is 0 Å². The maximum absolute atomic E-state index is 13.5. The Hall–Kier alpha value is -3.26. The Morgan fingerprint density at radius 3 is 2.72 bits per heavy atom. The van der Waals surface area contributed by atoms with E-state index in [9.17, 15) is 9.59 Å². The average molecular weight is 409 g/mol. The van der Waals surface area contributed by atoms with Crippen molar-refractivity contribution < 1.29 is 14.3 Å². The molecule has 0 amide bonds. The van der Waals surface area contributed by atoms with Gasteiger partial charge in [-0.15, -0.1) is 0 Å². The number of ether oxygens (including phenoxy) is 2. The van der Waals surface area contributed by atoms with Crippen LogP contribution in [0.15, 0.2) is 58.5 Å². The number of aromatic nitrogens is 3. The van der Waals surface area contributed by atoms with Gasteiger partial charge in [0.1, 0.15) is 22.0 Å². The van der Waals surface area contributed by atoms with Gasteiger partial charge >= 0.3 is 5.97 Å². The number of nitrogens with zero attached hydrogens (tertiary/aromatic N) is 2. The lowest BCUT2D eigenvalue weighted by Crippen LogP contribution is -2.24. The number of nitrogens with one attached hydrogen (secondary N) is 1. The minimum absolute atomic E-state index is 0.251. The molecule has 0 aliphatic heterocycles. The van der Waals surface area contributed by atoms with E-state index in [1.165, 1.54) is 23.4 Å². The molecular weight excluding hydrogens is 390 g/mol. The summed E-state index contributed by atoms with van der Waals surface area (Å²) in [5, 5.41) is 0.717. The zero-order valence-electron chi connectivity index (χ0n) is 16.1. The van der Waals surface area contributed by atoms with Crippen LogP contribution in [-0.4, -0.2) is 40.0 Å². The average Bonchev–Trinajstić information content (AvgIpc) is 3.12. The second-order valence-corrected chi connectivity index (χ2v) is 7.72. The van der Waals surface area contributed by atoms with E-state index in [1.807, 2.05) is 24.3 Å². The van der Waals surface area contributed by atoms with Gasteiger partial charge in [0.15, 0.2) is 5.16 Å². The van der Waals surface area contributed by atoms with E-state index in [0.717, 1.165) is 10.9 Å². The molecule has 29 heavy (non-hydrogen) atoms. The summed E-state index contributed by atoms with van der Waals surface area (Å²) in [6.45, 7) is 1.72. The molecule has 1 N–H and O–H groups in total. The summed E-state index contributed by atoms with van der Waals surface area (Å²) < 4.78 is 11.6. The third-order valence-corrected chi connectivity index (χ3v) is 5.65. The van der Waals surface area contributed by atoms with E-state index >= 15 is 0 Å². The maximum atomic E-state index is 13.5. The number of esters is 1. The molecule has 7 nitrogen and oxygen atoms in total. The Balaban J connectivity index is 2.01. The Morgan fingerprint density at radius 1 is 1.17 bits per heavy atom. The number of para-hydroxylation sites is 1. The number of methoxy groups -OCH3 is 2. The third kappa shape index (κ3) is 3.36. The number of fused-ring (bicyclic) bond motifs is 3. The van der Waals surface area contributed by atoms with Crippen LogP contribution in [0.1, 0.15) is 6.92 Å². The molecule has 8 heteroatoms. The van der Waals surface area contributed by atoms with Gasteiger partial charge < -0.3 is 14.5 Å². The van der Waals surface area contributed by atoms with E-state index in [2.05, 4.69) is 4.98 Å². The van der Waals surface area contributed by atoms with E-state index < -0.39 is 5.25 Å². The Bertz CT molecular complexity index is 1280. The molecule has 2 heterocycles. The first kappa shape index (κ1) is 19.1. The van der Waals surface area contributed by atoms with Crippen molar-refractivity contribution >= 4 is 39.7 Å². The minimum Gasteiger partial charge on any atom is -0.497 e. The number of hydrogen-bond donors (Lipinski definition) is 1. The van der Waals surface area contributed by atoms with Crippen LogP contribution in [0.25, 0.3) is 27.6 Å². The van der Waals surface area contributed by atoms with Gasteiger partial charge in [-0.05, 0) is 25.1 Å². The van der Waals surface area contributed by atoms with E-state index in [4.69, 9.17) is 14.5 Å². The van der Waals surface area contributed by atoms with Crippen molar-refractivity contribution in [1.29, 1.82) is 0 Å². The van der Waals surface area contributed by atoms with Crippen LogP contribution >= 0.6 is 11.8 Å². The number of thioether (sulfide) groups is 1. The van der Waals surface area contributed by atoms with Crippen LogP contribution in [0.3, 0.4) is 0 Å². The third-order valence-electron chi connectivity index (χ3n) is 4.62. The van der Waals surface area contributed by atoms with Gasteiger partial charge in [0, 0.05) is 17.0 Å². The van der Waals surface area contributed by atoms with Gasteiger partial charge in [0.05, 0.1) is 19.9 Å². The van der Waals surface area contributed by atoms with Gasteiger partial charge in [0.2, 0.25) is 0 Å². The molecule has 2 aromatic heterocycles. The molecule has 1 atom stereocenters. The fourth-order valence-electron chi connectivity index (χ4n) is 3.17. The molecule has 0 spiro atoms. The molecule has 4 aromatic rings. The fourth-order valence-corrected chi connectivity index (χ4v) is 4.12. The lowest BCUT2D eigenvalue weighted by molar-refractivity contribution is -0.139. The lowest BCUT2D eigenvalue weighted by atomic mass is 10.2. The number of hydrogen-bond acceptors (Lipinski definition) is 6. The Kier molecular flexibility index (Phi) is 5.02. The monoisotopic (exact) mass is 409 g/mol. The number of H-pyrrole nitrogens is 1. The summed E-state index contributed by atoms with van der Waals surface area (Å²) >= 11 is 1.17. The topological polar surface area (TPSA) is 86.2 Å². The van der Waals surface area contributed by atoms with Gasteiger partial charge in [-0.2, -0.15) is 0 Å². The first-order chi connectivity index (χ1) is 14.0. The van der Waals surface area contributed by atoms with E-state index in [1.54, 1.807) is 38.3 Å². The van der Waals surface area contributed by atoms with E-state index in [0.29, 0.717) is 27.6 Å². The van der Waals surface area contributed by atoms with Crippen LogP contribution in [0.4, 0.5) is 0 Å². The molecule has 0 radical (unpaired) electrons. The second kappa shape index (κ2) is 7.63. The highest BCUT2D eigenvalue weighted by Gasteiger charge is 2.22. The molecule has 0 bridgehead atoms. The summed E-state index contributed by atoms with van der Waals surface area (Å²) in [5.41, 5.74) is 2.15. The van der Waals surface area contributed by atoms with Crippen LogP contribution in [0, 0.1) is 0 Å². The normalized spacial score (nSPS) is 12.2. The first-order valence-corrected chi connectivity index (χ1v) is 9.84. The summed E-state index contributed by atoms with van der Waals surface area (Å²) in [6.07, 6.45) is 0. The van der Waals surface area contributed by atoms with Crippen LogP contribution < -0.4 is 10.3 Å². The minimum atomic E-state index is -0.536. The first-order valence-electron chi connectivity index (χ1n) is 8.96. The van der Waals surface area contributed by atoms with Gasteiger partial charge in [-0.3, -0.25) is 14.2 Å². The second-order valence-electron chi connectivity index (χ2n) is 6.41. The molecule has 1 unspecified atom stereocenters. The number of rotatable bonds is 5. The fraction of sp³-hybridized carbons (Fsp3) is 0.190. The van der Waals surface area contributed by atoms with Crippen molar-refractivity contribution in [1.82, 2.24) is 14.5 Å². The van der Waals surface area contributed by atoms with Gasteiger partial charge in [-0.1, -0.05) is 36.0 Å². The highest BCUT2D eigenvalue weighted by atomic mass is 32.2. The summed E-state index contributed by atoms with van der Waals surface area (Å²) in [5.74, 6) is 0.226. The zero-order chi connectivity index (χ0) is 20.5. The molecule has 0 saturated carbocycles. The summed E-state index contributed by atoms with van der Waals surface area (Å²) in [4.78, 5) is 33.4. The SMILES string of the molecule is COC(=O)C(C)Sc1nc2c([nH]c3ccccc32)c(=O)n1-c1cccc(OC)c1. The number of carbonyl (C=O) groups excluding carboxylic acids is 1. The standard InChI is InChI=1S/C21H19N3O4S/c1-12(20(26)28-3)29-21-23-17-15-9-4-5-10-16(15)22-18(17)19(25)24(21)13-7-6-8-14(11-13)27-2/h4-12,22H,1-3H3. The molecule has 0 fully saturated rings.